The van der Waals surface area contributed by atoms with Crippen LogP contribution in [0.25, 0.3) is 21.6 Å². The summed E-state index contributed by atoms with van der Waals surface area (Å²) in [5, 5.41) is 14.1. The lowest BCUT2D eigenvalue weighted by molar-refractivity contribution is 0.131. The van der Waals surface area contributed by atoms with E-state index in [2.05, 4.69) is 35.7 Å². The molecule has 1 aliphatic carbocycles. The van der Waals surface area contributed by atoms with Crippen LogP contribution in [0, 0.1) is 0 Å². The lowest BCUT2D eigenvalue weighted by atomic mass is 9.81. The monoisotopic (exact) mass is 340 g/mol. The SMILES string of the molecule is OC1(c2ccccc2-c2cccs2)c2ccccc2-c2ccccc21. The Morgan fingerprint density at radius 1 is 0.560 bits per heavy atom. The first-order valence-corrected chi connectivity index (χ1v) is 9.23. The number of thiophene rings is 1. The fourth-order valence-corrected chi connectivity index (χ4v) is 4.71. The van der Waals surface area contributed by atoms with Crippen LogP contribution in [0.5, 0.6) is 0 Å². The number of rotatable bonds is 2. The molecule has 1 aliphatic rings. The van der Waals surface area contributed by atoms with Gasteiger partial charge in [0.2, 0.25) is 0 Å². The van der Waals surface area contributed by atoms with Gasteiger partial charge in [0, 0.05) is 21.6 Å². The predicted octanol–water partition coefficient (Wildman–Crippen LogP) is 5.68. The van der Waals surface area contributed by atoms with Gasteiger partial charge in [-0.1, -0.05) is 78.9 Å². The van der Waals surface area contributed by atoms with E-state index in [1.54, 1.807) is 11.3 Å². The minimum absolute atomic E-state index is 0.940. The molecule has 25 heavy (non-hydrogen) atoms. The molecule has 1 N–H and O–H groups in total. The molecule has 1 nitrogen and oxygen atoms in total. The van der Waals surface area contributed by atoms with Crippen molar-refractivity contribution in [3.63, 3.8) is 0 Å². The summed E-state index contributed by atoms with van der Waals surface area (Å²) < 4.78 is 0. The van der Waals surface area contributed by atoms with Crippen LogP contribution in [0.4, 0.5) is 0 Å². The van der Waals surface area contributed by atoms with Gasteiger partial charge in [-0.05, 0) is 28.1 Å². The normalized spacial score (nSPS) is 14.1. The van der Waals surface area contributed by atoms with Gasteiger partial charge in [-0.2, -0.15) is 0 Å². The largest absolute Gasteiger partial charge is 0.376 e. The zero-order chi connectivity index (χ0) is 16.9. The maximum atomic E-state index is 12.1. The van der Waals surface area contributed by atoms with Crippen molar-refractivity contribution < 1.29 is 5.11 Å². The molecule has 1 aromatic heterocycles. The van der Waals surface area contributed by atoms with E-state index >= 15 is 0 Å². The Morgan fingerprint density at radius 3 is 1.56 bits per heavy atom. The number of benzene rings is 3. The zero-order valence-corrected chi connectivity index (χ0v) is 14.3. The summed E-state index contributed by atoms with van der Waals surface area (Å²) in [6.07, 6.45) is 0. The maximum Gasteiger partial charge on any atom is 0.142 e. The molecular formula is C23H16OS. The van der Waals surface area contributed by atoms with E-state index in [9.17, 15) is 5.11 Å². The third kappa shape index (κ3) is 1.98. The Balaban J connectivity index is 1.86. The highest BCUT2D eigenvalue weighted by Crippen LogP contribution is 2.52. The molecule has 0 saturated carbocycles. The van der Waals surface area contributed by atoms with Crippen LogP contribution in [-0.2, 0) is 5.60 Å². The molecule has 120 valence electrons. The second kappa shape index (κ2) is 5.41. The number of hydrogen-bond acceptors (Lipinski definition) is 2. The smallest absolute Gasteiger partial charge is 0.142 e. The minimum atomic E-state index is -1.13. The maximum absolute atomic E-state index is 12.1. The first kappa shape index (κ1) is 14.6. The number of aliphatic hydroxyl groups is 1. The Morgan fingerprint density at radius 2 is 1.04 bits per heavy atom. The van der Waals surface area contributed by atoms with Gasteiger partial charge in [-0.25, -0.2) is 0 Å². The average molecular weight is 340 g/mol. The van der Waals surface area contributed by atoms with Crippen LogP contribution in [0.3, 0.4) is 0 Å². The van der Waals surface area contributed by atoms with Gasteiger partial charge < -0.3 is 5.11 Å². The van der Waals surface area contributed by atoms with E-state index in [1.807, 2.05) is 54.6 Å². The molecule has 3 aromatic carbocycles. The molecular weight excluding hydrogens is 324 g/mol. The molecule has 0 radical (unpaired) electrons. The third-order valence-corrected chi connectivity index (χ3v) is 5.93. The fourth-order valence-electron chi connectivity index (χ4n) is 3.95. The lowest BCUT2D eigenvalue weighted by Gasteiger charge is -2.28. The van der Waals surface area contributed by atoms with Crippen molar-refractivity contribution in [2.24, 2.45) is 0 Å². The highest BCUT2D eigenvalue weighted by atomic mass is 32.1. The van der Waals surface area contributed by atoms with Crippen LogP contribution in [-0.4, -0.2) is 5.11 Å². The average Bonchev–Trinajstić information content (AvgIpc) is 3.29. The van der Waals surface area contributed by atoms with Crippen molar-refractivity contribution in [1.82, 2.24) is 0 Å². The van der Waals surface area contributed by atoms with Crippen LogP contribution >= 0.6 is 11.3 Å². The van der Waals surface area contributed by atoms with Crippen molar-refractivity contribution in [1.29, 1.82) is 0 Å². The van der Waals surface area contributed by atoms with Crippen LogP contribution in [0.2, 0.25) is 0 Å². The highest BCUT2D eigenvalue weighted by Gasteiger charge is 2.44. The Hall–Kier alpha value is -2.68. The summed E-state index contributed by atoms with van der Waals surface area (Å²) in [6, 6.07) is 28.7. The zero-order valence-electron chi connectivity index (χ0n) is 13.5. The summed E-state index contributed by atoms with van der Waals surface area (Å²) in [5.74, 6) is 0. The van der Waals surface area contributed by atoms with Crippen molar-refractivity contribution in [3.8, 4) is 21.6 Å². The van der Waals surface area contributed by atoms with Gasteiger partial charge in [0.25, 0.3) is 0 Å². The first-order valence-electron chi connectivity index (χ1n) is 8.35. The second-order valence-electron chi connectivity index (χ2n) is 6.32. The molecule has 0 fully saturated rings. The fraction of sp³-hybridized carbons (Fsp3) is 0.0435. The highest BCUT2D eigenvalue weighted by molar-refractivity contribution is 7.13. The molecule has 0 unspecified atom stereocenters. The predicted molar refractivity (Wildman–Crippen MR) is 104 cm³/mol. The van der Waals surface area contributed by atoms with Crippen molar-refractivity contribution in [2.45, 2.75) is 5.60 Å². The first-order chi connectivity index (χ1) is 12.3. The van der Waals surface area contributed by atoms with Crippen molar-refractivity contribution in [3.05, 3.63) is 107 Å². The summed E-state index contributed by atoms with van der Waals surface area (Å²) in [4.78, 5) is 1.17. The van der Waals surface area contributed by atoms with Crippen LogP contribution in [0.1, 0.15) is 16.7 Å². The molecule has 0 amide bonds. The lowest BCUT2D eigenvalue weighted by Crippen LogP contribution is -2.26. The standard InChI is InChI=1S/C23H16OS/c24-23(21-13-6-3-10-18(21)22-14-7-15-25-22)19-11-4-1-8-16(19)17-9-2-5-12-20(17)23/h1-15,24H. The van der Waals surface area contributed by atoms with E-state index in [0.29, 0.717) is 0 Å². The molecule has 0 aliphatic heterocycles. The summed E-state index contributed by atoms with van der Waals surface area (Å²) in [5.41, 5.74) is 5.04. The van der Waals surface area contributed by atoms with E-state index in [1.165, 1.54) is 4.88 Å². The number of hydrogen-bond donors (Lipinski definition) is 1. The van der Waals surface area contributed by atoms with Crippen LogP contribution < -0.4 is 0 Å². The molecule has 0 saturated heterocycles. The third-order valence-electron chi connectivity index (χ3n) is 5.03. The molecule has 5 rings (SSSR count). The summed E-state index contributed by atoms with van der Waals surface area (Å²) >= 11 is 1.70. The molecule has 0 spiro atoms. The van der Waals surface area contributed by atoms with Gasteiger partial charge in [-0.3, -0.25) is 0 Å². The minimum Gasteiger partial charge on any atom is -0.376 e. The quantitative estimate of drug-likeness (QED) is 0.498. The Kier molecular flexibility index (Phi) is 3.17. The van der Waals surface area contributed by atoms with Gasteiger partial charge >= 0.3 is 0 Å². The molecule has 0 bridgehead atoms. The van der Waals surface area contributed by atoms with E-state index < -0.39 is 5.60 Å². The van der Waals surface area contributed by atoms with E-state index in [4.69, 9.17) is 0 Å². The number of fused-ring (bicyclic) bond motifs is 3. The van der Waals surface area contributed by atoms with Crippen molar-refractivity contribution >= 4 is 11.3 Å². The van der Waals surface area contributed by atoms with Crippen molar-refractivity contribution in [2.75, 3.05) is 0 Å². The summed E-state index contributed by atoms with van der Waals surface area (Å²) in [7, 11) is 0. The topological polar surface area (TPSA) is 20.2 Å². The van der Waals surface area contributed by atoms with Gasteiger partial charge in [0.05, 0.1) is 0 Å². The van der Waals surface area contributed by atoms with E-state index in [0.717, 1.165) is 33.4 Å². The van der Waals surface area contributed by atoms with Gasteiger partial charge in [0.15, 0.2) is 0 Å². The Labute approximate surface area is 150 Å². The molecule has 0 atom stereocenters. The van der Waals surface area contributed by atoms with E-state index in [-0.39, 0.29) is 0 Å². The second-order valence-corrected chi connectivity index (χ2v) is 7.27. The molecule has 4 aromatic rings. The van der Waals surface area contributed by atoms with Crippen LogP contribution in [0.15, 0.2) is 90.3 Å². The Bertz CT molecular complexity index is 1020. The summed E-state index contributed by atoms with van der Waals surface area (Å²) in [6.45, 7) is 0. The van der Waals surface area contributed by atoms with Gasteiger partial charge in [-0.15, -0.1) is 11.3 Å². The molecule has 2 heteroatoms. The molecule has 1 heterocycles. The van der Waals surface area contributed by atoms with Gasteiger partial charge in [0.1, 0.15) is 5.60 Å².